The van der Waals surface area contributed by atoms with Crippen molar-refractivity contribution in [2.75, 3.05) is 0 Å². The summed E-state index contributed by atoms with van der Waals surface area (Å²) in [5, 5.41) is 10.6. The van der Waals surface area contributed by atoms with Gasteiger partial charge in [0.05, 0.1) is 11.3 Å². The lowest BCUT2D eigenvalue weighted by Gasteiger charge is -2.29. The Kier molecular flexibility index (Phi) is 4.62. The molecule has 0 spiro atoms. The molecular formula is C17H21F3N4. The van der Waals surface area contributed by atoms with Gasteiger partial charge in [0.15, 0.2) is 0 Å². The van der Waals surface area contributed by atoms with Crippen molar-refractivity contribution in [1.82, 2.24) is 20.5 Å². The number of hydrogen-bond acceptors (Lipinski definition) is 3. The van der Waals surface area contributed by atoms with E-state index in [1.165, 1.54) is 6.07 Å². The molecule has 24 heavy (non-hydrogen) atoms. The average Bonchev–Trinajstić information content (AvgIpc) is 2.91. The first kappa shape index (κ1) is 17.0. The molecule has 0 aliphatic heterocycles. The zero-order chi connectivity index (χ0) is 17.3. The third-order valence-electron chi connectivity index (χ3n) is 4.37. The van der Waals surface area contributed by atoms with E-state index in [1.54, 1.807) is 0 Å². The maximum atomic E-state index is 13.0. The van der Waals surface area contributed by atoms with Crippen molar-refractivity contribution in [3.05, 3.63) is 46.5 Å². The Labute approximate surface area is 138 Å². The fraction of sp³-hybridized carbons (Fsp3) is 0.529. The molecule has 0 saturated heterocycles. The Bertz CT molecular complexity index is 708. The first-order valence-corrected chi connectivity index (χ1v) is 8.16. The van der Waals surface area contributed by atoms with Gasteiger partial charge in [-0.1, -0.05) is 0 Å². The van der Waals surface area contributed by atoms with Gasteiger partial charge in [-0.3, -0.25) is 10.1 Å². The molecule has 0 amide bonds. The molecule has 4 nitrogen and oxygen atoms in total. The van der Waals surface area contributed by atoms with Crippen LogP contribution in [0.1, 0.15) is 54.0 Å². The molecular weight excluding hydrogens is 317 g/mol. The monoisotopic (exact) mass is 338 g/mol. The van der Waals surface area contributed by atoms with Crippen molar-refractivity contribution in [2.45, 2.75) is 57.8 Å². The molecule has 0 saturated carbocycles. The maximum absolute atomic E-state index is 13.0. The largest absolute Gasteiger partial charge is 0.417 e. The van der Waals surface area contributed by atoms with Crippen molar-refractivity contribution >= 4 is 0 Å². The van der Waals surface area contributed by atoms with Gasteiger partial charge in [0.2, 0.25) is 0 Å². The summed E-state index contributed by atoms with van der Waals surface area (Å²) in [5.41, 5.74) is 2.73. The highest BCUT2D eigenvalue weighted by atomic mass is 19.4. The van der Waals surface area contributed by atoms with E-state index >= 15 is 0 Å². The molecule has 130 valence electrons. The molecule has 2 heterocycles. The highest BCUT2D eigenvalue weighted by Gasteiger charge is 2.33. The number of aromatic amines is 1. The first-order chi connectivity index (χ1) is 11.3. The van der Waals surface area contributed by atoms with Crippen LogP contribution in [-0.4, -0.2) is 21.2 Å². The van der Waals surface area contributed by atoms with E-state index < -0.39 is 11.7 Å². The third-order valence-corrected chi connectivity index (χ3v) is 4.37. The molecule has 2 unspecified atom stereocenters. The van der Waals surface area contributed by atoms with Gasteiger partial charge in [-0.2, -0.15) is 18.3 Å². The van der Waals surface area contributed by atoms with Gasteiger partial charge in [0.1, 0.15) is 0 Å². The van der Waals surface area contributed by atoms with Crippen LogP contribution in [0.4, 0.5) is 13.2 Å². The van der Waals surface area contributed by atoms with E-state index in [1.807, 2.05) is 19.9 Å². The molecule has 0 radical (unpaired) electrons. The van der Waals surface area contributed by atoms with E-state index in [-0.39, 0.29) is 12.1 Å². The van der Waals surface area contributed by atoms with Crippen LogP contribution >= 0.6 is 0 Å². The molecule has 1 aliphatic carbocycles. The highest BCUT2D eigenvalue weighted by molar-refractivity contribution is 5.32. The zero-order valence-corrected chi connectivity index (χ0v) is 13.7. The van der Waals surface area contributed by atoms with E-state index in [9.17, 15) is 13.2 Å². The summed E-state index contributed by atoms with van der Waals surface area (Å²) in [7, 11) is 0. The lowest BCUT2D eigenvalue weighted by Crippen LogP contribution is -2.34. The van der Waals surface area contributed by atoms with Gasteiger partial charge < -0.3 is 5.32 Å². The molecule has 2 atom stereocenters. The normalized spacial score (nSPS) is 19.1. The predicted molar refractivity (Wildman–Crippen MR) is 84.5 cm³/mol. The van der Waals surface area contributed by atoms with Gasteiger partial charge in [0.25, 0.3) is 0 Å². The van der Waals surface area contributed by atoms with Gasteiger partial charge >= 0.3 is 6.18 Å². The number of rotatable bonds is 4. The summed E-state index contributed by atoms with van der Waals surface area (Å²) in [4.78, 5) is 4.05. The SMILES string of the molecule is Cc1cc(CC(C)NC2CCCc3ncc(C(F)(F)F)cc32)n[nH]1. The Morgan fingerprint density at radius 3 is 2.83 bits per heavy atom. The van der Waals surface area contributed by atoms with Crippen LogP contribution in [0.25, 0.3) is 0 Å². The summed E-state index contributed by atoms with van der Waals surface area (Å²) < 4.78 is 38.9. The fourth-order valence-electron chi connectivity index (χ4n) is 3.27. The zero-order valence-electron chi connectivity index (χ0n) is 13.7. The minimum Gasteiger partial charge on any atom is -0.307 e. The molecule has 2 N–H and O–H groups in total. The number of alkyl halides is 3. The van der Waals surface area contributed by atoms with Crippen LogP contribution in [0.2, 0.25) is 0 Å². The van der Waals surface area contributed by atoms with Crippen molar-refractivity contribution in [1.29, 1.82) is 0 Å². The van der Waals surface area contributed by atoms with E-state index in [0.717, 1.165) is 49.0 Å². The summed E-state index contributed by atoms with van der Waals surface area (Å²) in [5.74, 6) is 0. The number of aromatic nitrogens is 3. The van der Waals surface area contributed by atoms with Crippen molar-refractivity contribution in [3.8, 4) is 0 Å². The minimum absolute atomic E-state index is 0.0985. The predicted octanol–water partition coefficient (Wildman–Crippen LogP) is 3.73. The van der Waals surface area contributed by atoms with E-state index in [0.29, 0.717) is 5.56 Å². The number of fused-ring (bicyclic) bond motifs is 1. The summed E-state index contributed by atoms with van der Waals surface area (Å²) in [6.45, 7) is 3.97. The molecule has 0 aromatic carbocycles. The smallest absolute Gasteiger partial charge is 0.307 e. The second-order valence-corrected chi connectivity index (χ2v) is 6.52. The first-order valence-electron chi connectivity index (χ1n) is 8.16. The standard InChI is InChI=1S/C17H21F3N4/c1-10(6-13-7-11(2)23-24-13)22-16-5-3-4-15-14(16)8-12(9-21-15)17(18,19)20/h7-10,16,22H,3-6H2,1-2H3,(H,23,24). The van der Waals surface area contributed by atoms with Gasteiger partial charge in [-0.05, 0) is 50.8 Å². The van der Waals surface area contributed by atoms with Gasteiger partial charge in [-0.25, -0.2) is 0 Å². The molecule has 7 heteroatoms. The number of halogens is 3. The van der Waals surface area contributed by atoms with Crippen LogP contribution in [0.15, 0.2) is 18.3 Å². The minimum atomic E-state index is -4.36. The van der Waals surface area contributed by atoms with E-state index in [2.05, 4.69) is 20.5 Å². The molecule has 0 bridgehead atoms. The van der Waals surface area contributed by atoms with Crippen LogP contribution in [0, 0.1) is 6.92 Å². The molecule has 3 rings (SSSR count). The second kappa shape index (κ2) is 6.55. The quantitative estimate of drug-likeness (QED) is 0.893. The second-order valence-electron chi connectivity index (χ2n) is 6.52. The lowest BCUT2D eigenvalue weighted by molar-refractivity contribution is -0.137. The Hall–Kier alpha value is -1.89. The van der Waals surface area contributed by atoms with Gasteiger partial charge in [0, 0.05) is 36.1 Å². The summed E-state index contributed by atoms with van der Waals surface area (Å²) in [6, 6.07) is 3.25. The number of nitrogens with zero attached hydrogens (tertiary/aromatic N) is 2. The Balaban J connectivity index is 1.75. The van der Waals surface area contributed by atoms with E-state index in [4.69, 9.17) is 0 Å². The van der Waals surface area contributed by atoms with Gasteiger partial charge in [-0.15, -0.1) is 0 Å². The van der Waals surface area contributed by atoms with Crippen molar-refractivity contribution < 1.29 is 13.2 Å². The van der Waals surface area contributed by atoms with Crippen LogP contribution in [0.5, 0.6) is 0 Å². The van der Waals surface area contributed by atoms with Crippen LogP contribution in [-0.2, 0) is 19.0 Å². The fourth-order valence-corrected chi connectivity index (χ4v) is 3.27. The summed E-state index contributed by atoms with van der Waals surface area (Å²) in [6.07, 6.45) is -0.211. The number of aryl methyl sites for hydroxylation is 2. The molecule has 2 aromatic rings. The topological polar surface area (TPSA) is 53.6 Å². The number of pyridine rings is 1. The number of nitrogens with one attached hydrogen (secondary N) is 2. The molecule has 1 aliphatic rings. The number of hydrogen-bond donors (Lipinski definition) is 2. The molecule has 0 fully saturated rings. The van der Waals surface area contributed by atoms with Crippen molar-refractivity contribution in [2.24, 2.45) is 0 Å². The van der Waals surface area contributed by atoms with Crippen molar-refractivity contribution in [3.63, 3.8) is 0 Å². The Morgan fingerprint density at radius 1 is 1.38 bits per heavy atom. The Morgan fingerprint density at radius 2 is 2.17 bits per heavy atom. The number of H-pyrrole nitrogens is 1. The third kappa shape index (κ3) is 3.77. The van der Waals surface area contributed by atoms with Crippen LogP contribution in [0.3, 0.4) is 0 Å². The summed E-state index contributed by atoms with van der Waals surface area (Å²) >= 11 is 0. The lowest BCUT2D eigenvalue weighted by atomic mass is 9.89. The highest BCUT2D eigenvalue weighted by Crippen LogP contribution is 2.35. The average molecular weight is 338 g/mol. The maximum Gasteiger partial charge on any atom is 0.417 e. The van der Waals surface area contributed by atoms with Crippen LogP contribution < -0.4 is 5.32 Å². The molecule has 2 aromatic heterocycles.